The molecule has 2 saturated heterocycles. The van der Waals surface area contributed by atoms with Gasteiger partial charge in [-0.05, 0) is 6.42 Å². The molecule has 8 heteroatoms. The van der Waals surface area contributed by atoms with E-state index in [-0.39, 0.29) is 11.9 Å². The van der Waals surface area contributed by atoms with E-state index in [1.807, 2.05) is 6.92 Å². The van der Waals surface area contributed by atoms with Crippen LogP contribution in [0.4, 0.5) is 4.79 Å². The molecule has 19 heavy (non-hydrogen) atoms. The third kappa shape index (κ3) is 2.63. The highest BCUT2D eigenvalue weighted by Crippen LogP contribution is 2.24. The van der Waals surface area contributed by atoms with Crippen LogP contribution in [0.25, 0.3) is 0 Å². The van der Waals surface area contributed by atoms with Gasteiger partial charge >= 0.3 is 12.0 Å². The molecular formula is C11H17N3O4S. The maximum atomic E-state index is 12.4. The summed E-state index contributed by atoms with van der Waals surface area (Å²) >= 11 is 1.42. The van der Waals surface area contributed by atoms with Gasteiger partial charge in [0.15, 0.2) is 0 Å². The highest BCUT2D eigenvalue weighted by Gasteiger charge is 2.40. The fourth-order valence-corrected chi connectivity index (χ4v) is 3.49. The zero-order valence-corrected chi connectivity index (χ0v) is 11.5. The molecule has 0 aromatic carbocycles. The minimum Gasteiger partial charge on any atom is -0.480 e. The number of nitrogens with one attached hydrogen (secondary N) is 1. The molecule has 2 heterocycles. The normalized spacial score (nSPS) is 27.3. The molecule has 3 amide bonds. The van der Waals surface area contributed by atoms with Gasteiger partial charge in [0.1, 0.15) is 12.1 Å². The van der Waals surface area contributed by atoms with Crippen LogP contribution >= 0.6 is 11.8 Å². The molecule has 0 bridgehead atoms. The minimum atomic E-state index is -0.993. The summed E-state index contributed by atoms with van der Waals surface area (Å²) in [5, 5.41) is 11.8. The smallest absolute Gasteiger partial charge is 0.327 e. The standard InChI is InChI=1S/C11H17N3O4S/c1-2-7-9(15)12-3-4-13(7)11(18)14-6-19-5-8(14)10(16)17/h7-8H,2-6H2,1H3,(H,12,15)(H,16,17)/t7?,8-/m0/s1. The quantitative estimate of drug-likeness (QED) is 0.732. The van der Waals surface area contributed by atoms with Crippen LogP contribution in [0.2, 0.25) is 0 Å². The molecule has 0 saturated carbocycles. The largest absolute Gasteiger partial charge is 0.480 e. The van der Waals surface area contributed by atoms with Gasteiger partial charge in [-0.2, -0.15) is 0 Å². The van der Waals surface area contributed by atoms with Crippen molar-refractivity contribution in [3.63, 3.8) is 0 Å². The summed E-state index contributed by atoms with van der Waals surface area (Å²) < 4.78 is 0. The monoisotopic (exact) mass is 287 g/mol. The summed E-state index contributed by atoms with van der Waals surface area (Å²) in [5.41, 5.74) is 0. The lowest BCUT2D eigenvalue weighted by Crippen LogP contribution is -2.60. The van der Waals surface area contributed by atoms with Crippen LogP contribution in [0.5, 0.6) is 0 Å². The molecule has 0 spiro atoms. The second-order valence-electron chi connectivity index (χ2n) is 4.51. The van der Waals surface area contributed by atoms with E-state index in [0.717, 1.165) is 0 Å². The van der Waals surface area contributed by atoms with Gasteiger partial charge in [-0.3, -0.25) is 4.79 Å². The zero-order valence-electron chi connectivity index (χ0n) is 10.7. The first-order valence-corrected chi connectivity index (χ1v) is 7.37. The van der Waals surface area contributed by atoms with Gasteiger partial charge in [-0.25, -0.2) is 9.59 Å². The first kappa shape index (κ1) is 14.0. The Bertz CT molecular complexity index is 403. The first-order valence-electron chi connectivity index (χ1n) is 6.21. The van der Waals surface area contributed by atoms with Gasteiger partial charge in [-0.1, -0.05) is 6.92 Å². The van der Waals surface area contributed by atoms with Crippen molar-refractivity contribution in [2.24, 2.45) is 0 Å². The number of amides is 3. The number of hydrogen-bond donors (Lipinski definition) is 2. The number of rotatable bonds is 2. The van der Waals surface area contributed by atoms with E-state index in [0.29, 0.717) is 31.1 Å². The molecule has 0 aliphatic carbocycles. The van der Waals surface area contributed by atoms with E-state index in [1.165, 1.54) is 21.6 Å². The Balaban J connectivity index is 2.13. The zero-order chi connectivity index (χ0) is 14.0. The Morgan fingerprint density at radius 2 is 2.21 bits per heavy atom. The number of nitrogens with zero attached hydrogens (tertiary/aromatic N) is 2. The van der Waals surface area contributed by atoms with Crippen molar-refractivity contribution in [1.29, 1.82) is 0 Å². The lowest BCUT2D eigenvalue weighted by Gasteiger charge is -2.37. The number of carbonyl (C=O) groups excluding carboxylic acids is 2. The molecule has 2 N–H and O–H groups in total. The molecule has 2 rings (SSSR count). The Morgan fingerprint density at radius 1 is 1.47 bits per heavy atom. The van der Waals surface area contributed by atoms with Gasteiger partial charge in [0.25, 0.3) is 0 Å². The molecule has 106 valence electrons. The molecule has 2 fully saturated rings. The average Bonchev–Trinajstić information content (AvgIpc) is 2.86. The Hall–Kier alpha value is -1.44. The number of thioether (sulfide) groups is 1. The molecule has 2 atom stereocenters. The van der Waals surface area contributed by atoms with Gasteiger partial charge < -0.3 is 20.2 Å². The Labute approximate surface area is 115 Å². The van der Waals surface area contributed by atoms with Crippen LogP contribution in [-0.2, 0) is 9.59 Å². The van der Waals surface area contributed by atoms with Crippen LogP contribution in [-0.4, -0.2) is 69.6 Å². The highest BCUT2D eigenvalue weighted by atomic mass is 32.2. The topological polar surface area (TPSA) is 90.0 Å². The number of carbonyl (C=O) groups is 3. The van der Waals surface area contributed by atoms with Crippen molar-refractivity contribution in [2.45, 2.75) is 25.4 Å². The van der Waals surface area contributed by atoms with Crippen molar-refractivity contribution in [3.8, 4) is 0 Å². The lowest BCUT2D eigenvalue weighted by atomic mass is 10.1. The Morgan fingerprint density at radius 3 is 2.84 bits per heavy atom. The van der Waals surface area contributed by atoms with Crippen molar-refractivity contribution in [3.05, 3.63) is 0 Å². The molecule has 1 unspecified atom stereocenters. The minimum absolute atomic E-state index is 0.166. The van der Waals surface area contributed by atoms with Crippen molar-refractivity contribution < 1.29 is 19.5 Å². The van der Waals surface area contributed by atoms with Crippen LogP contribution < -0.4 is 5.32 Å². The molecule has 0 radical (unpaired) electrons. The van der Waals surface area contributed by atoms with E-state index >= 15 is 0 Å². The number of piperazine rings is 1. The molecule has 7 nitrogen and oxygen atoms in total. The maximum absolute atomic E-state index is 12.4. The third-order valence-corrected chi connectivity index (χ3v) is 4.39. The predicted octanol–water partition coefficient (Wildman–Crippen LogP) is -0.224. The molecule has 2 aliphatic rings. The summed E-state index contributed by atoms with van der Waals surface area (Å²) in [7, 11) is 0. The second-order valence-corrected chi connectivity index (χ2v) is 5.51. The predicted molar refractivity (Wildman–Crippen MR) is 69.8 cm³/mol. The van der Waals surface area contributed by atoms with Gasteiger partial charge in [0.2, 0.25) is 5.91 Å². The molecule has 0 aromatic heterocycles. The number of carboxylic acid groups (broad SMARTS) is 1. The van der Waals surface area contributed by atoms with Crippen LogP contribution in [0, 0.1) is 0 Å². The van der Waals surface area contributed by atoms with Gasteiger partial charge in [0.05, 0.1) is 5.88 Å². The fraction of sp³-hybridized carbons (Fsp3) is 0.727. The van der Waals surface area contributed by atoms with Crippen molar-refractivity contribution >= 4 is 29.7 Å². The number of aliphatic carboxylic acids is 1. The van der Waals surface area contributed by atoms with E-state index < -0.39 is 18.1 Å². The van der Waals surface area contributed by atoms with E-state index in [2.05, 4.69) is 5.32 Å². The summed E-state index contributed by atoms with van der Waals surface area (Å²) in [5.74, 6) is -0.392. The van der Waals surface area contributed by atoms with Gasteiger partial charge in [-0.15, -0.1) is 11.8 Å². The summed E-state index contributed by atoms with van der Waals surface area (Å²) in [6, 6.07) is -1.64. The van der Waals surface area contributed by atoms with Crippen molar-refractivity contribution in [1.82, 2.24) is 15.1 Å². The average molecular weight is 287 g/mol. The lowest BCUT2D eigenvalue weighted by molar-refractivity contribution is -0.141. The summed E-state index contributed by atoms with van der Waals surface area (Å²) in [4.78, 5) is 38.1. The van der Waals surface area contributed by atoms with Crippen molar-refractivity contribution in [2.75, 3.05) is 24.7 Å². The van der Waals surface area contributed by atoms with Gasteiger partial charge in [0, 0.05) is 18.8 Å². The summed E-state index contributed by atoms with van der Waals surface area (Å²) in [6.07, 6.45) is 0.524. The molecular weight excluding hydrogens is 270 g/mol. The number of hydrogen-bond acceptors (Lipinski definition) is 4. The summed E-state index contributed by atoms with van der Waals surface area (Å²) in [6.45, 7) is 2.68. The van der Waals surface area contributed by atoms with Crippen LogP contribution in [0.1, 0.15) is 13.3 Å². The van der Waals surface area contributed by atoms with Crippen LogP contribution in [0.3, 0.4) is 0 Å². The molecule has 0 aromatic rings. The SMILES string of the molecule is CCC1C(=O)NCCN1C(=O)N1CSC[C@H]1C(=O)O. The Kier molecular flexibility index (Phi) is 4.18. The number of carboxylic acids is 1. The van der Waals surface area contributed by atoms with E-state index in [9.17, 15) is 14.4 Å². The van der Waals surface area contributed by atoms with Crippen LogP contribution in [0.15, 0.2) is 0 Å². The fourth-order valence-electron chi connectivity index (χ4n) is 2.35. The van der Waals surface area contributed by atoms with E-state index in [1.54, 1.807) is 0 Å². The second kappa shape index (κ2) is 5.68. The molecule has 2 aliphatic heterocycles. The first-order chi connectivity index (χ1) is 9.06. The number of urea groups is 1. The highest BCUT2D eigenvalue weighted by molar-refractivity contribution is 7.99. The maximum Gasteiger partial charge on any atom is 0.327 e. The van der Waals surface area contributed by atoms with E-state index in [4.69, 9.17) is 5.11 Å². The third-order valence-electron chi connectivity index (χ3n) is 3.38.